The highest BCUT2D eigenvalue weighted by Crippen LogP contribution is 2.24. The predicted octanol–water partition coefficient (Wildman–Crippen LogP) is 4.92. The van der Waals surface area contributed by atoms with Crippen LogP contribution in [0.3, 0.4) is 0 Å². The number of para-hydroxylation sites is 1. The molecule has 0 aliphatic carbocycles. The lowest BCUT2D eigenvalue weighted by Gasteiger charge is -2.12. The molecule has 2 aromatic carbocycles. The van der Waals surface area contributed by atoms with Gasteiger partial charge in [-0.1, -0.05) is 41.9 Å². The predicted molar refractivity (Wildman–Crippen MR) is 80.6 cm³/mol. The average molecular weight is 326 g/mol. The Morgan fingerprint density at radius 1 is 1.00 bits per heavy atom. The summed E-state index contributed by atoms with van der Waals surface area (Å²) < 4.78 is 37.5. The van der Waals surface area contributed by atoms with Crippen LogP contribution in [-0.2, 0) is 4.79 Å². The topological polar surface area (TPSA) is 29.1 Å². The fourth-order valence-corrected chi connectivity index (χ4v) is 1.84. The maximum absolute atomic E-state index is 12.5. The molecule has 0 heterocycles. The van der Waals surface area contributed by atoms with Crippen molar-refractivity contribution in [2.45, 2.75) is 6.18 Å². The molecule has 0 fully saturated rings. The quantitative estimate of drug-likeness (QED) is 0.808. The summed E-state index contributed by atoms with van der Waals surface area (Å²) in [4.78, 5) is 11.2. The van der Waals surface area contributed by atoms with E-state index in [0.717, 1.165) is 0 Å². The third-order valence-corrected chi connectivity index (χ3v) is 3.01. The van der Waals surface area contributed by atoms with Crippen LogP contribution in [0.2, 0.25) is 5.02 Å². The van der Waals surface area contributed by atoms with E-state index in [0.29, 0.717) is 22.3 Å². The minimum atomic E-state index is -4.92. The first kappa shape index (κ1) is 16.1. The number of halogens is 4. The minimum absolute atomic E-state index is 0.0465. The number of alkyl halides is 3. The van der Waals surface area contributed by atoms with E-state index in [1.54, 1.807) is 30.3 Å². The number of nitrogens with one attached hydrogen (secondary N) is 1. The van der Waals surface area contributed by atoms with E-state index in [2.05, 4.69) is 5.32 Å². The molecule has 0 spiro atoms. The van der Waals surface area contributed by atoms with Gasteiger partial charge in [0.1, 0.15) is 0 Å². The number of hydrogen-bond acceptors (Lipinski definition) is 2. The van der Waals surface area contributed by atoms with Crippen LogP contribution in [0.15, 0.2) is 60.7 Å². The standard InChI is InChI=1S/C16H11ClF3NO/c17-12-8-6-11(7-9-12)14(10-15(22)16(18,19)20)21-13-4-2-1-3-5-13/h1-10,21H. The van der Waals surface area contributed by atoms with Crippen molar-refractivity contribution < 1.29 is 18.0 Å². The molecular weight excluding hydrogens is 315 g/mol. The number of carbonyl (C=O) groups is 1. The summed E-state index contributed by atoms with van der Waals surface area (Å²) in [7, 11) is 0. The van der Waals surface area contributed by atoms with Crippen LogP contribution in [-0.4, -0.2) is 12.0 Å². The van der Waals surface area contributed by atoms with Crippen molar-refractivity contribution in [3.05, 3.63) is 71.3 Å². The molecule has 0 radical (unpaired) electrons. The summed E-state index contributed by atoms with van der Waals surface area (Å²) >= 11 is 5.77. The second-order valence-corrected chi connectivity index (χ2v) is 4.85. The third-order valence-electron chi connectivity index (χ3n) is 2.76. The molecule has 1 N–H and O–H groups in total. The Morgan fingerprint density at radius 3 is 2.14 bits per heavy atom. The summed E-state index contributed by atoms with van der Waals surface area (Å²) in [6.45, 7) is 0. The van der Waals surface area contributed by atoms with Crippen molar-refractivity contribution in [3.8, 4) is 0 Å². The molecule has 0 saturated heterocycles. The van der Waals surface area contributed by atoms with Crippen molar-refractivity contribution >= 4 is 28.8 Å². The number of carbonyl (C=O) groups excluding carboxylic acids is 1. The fraction of sp³-hybridized carbons (Fsp3) is 0.0625. The van der Waals surface area contributed by atoms with Crippen LogP contribution >= 0.6 is 11.6 Å². The third kappa shape index (κ3) is 4.36. The average Bonchev–Trinajstić information content (AvgIpc) is 2.47. The molecule has 2 rings (SSSR count). The molecule has 0 aliphatic rings. The molecule has 0 atom stereocenters. The van der Waals surface area contributed by atoms with Gasteiger partial charge in [-0.05, 0) is 29.8 Å². The molecule has 6 heteroatoms. The second kappa shape index (κ2) is 6.66. The van der Waals surface area contributed by atoms with E-state index < -0.39 is 12.0 Å². The monoisotopic (exact) mass is 325 g/mol. The highest BCUT2D eigenvalue weighted by Gasteiger charge is 2.36. The zero-order chi connectivity index (χ0) is 16.2. The van der Waals surface area contributed by atoms with E-state index in [4.69, 9.17) is 11.6 Å². The molecule has 114 valence electrons. The molecule has 0 amide bonds. The largest absolute Gasteiger partial charge is 0.454 e. The molecule has 22 heavy (non-hydrogen) atoms. The lowest BCUT2D eigenvalue weighted by atomic mass is 10.1. The number of anilines is 1. The number of rotatable bonds is 4. The smallest absolute Gasteiger partial charge is 0.355 e. The molecule has 2 nitrogen and oxygen atoms in total. The van der Waals surface area contributed by atoms with Gasteiger partial charge in [-0.3, -0.25) is 4.79 Å². The Balaban J connectivity index is 2.38. The summed E-state index contributed by atoms with van der Waals surface area (Å²) in [6, 6.07) is 14.7. The Hall–Kier alpha value is -2.27. The van der Waals surface area contributed by atoms with E-state index in [9.17, 15) is 18.0 Å². The number of ketones is 1. The Kier molecular flexibility index (Phi) is 4.88. The number of benzene rings is 2. The molecule has 0 aliphatic heterocycles. The number of hydrogen-bond donors (Lipinski definition) is 1. The zero-order valence-corrected chi connectivity index (χ0v) is 11.9. The molecule has 0 aromatic heterocycles. The lowest BCUT2D eigenvalue weighted by Crippen LogP contribution is -2.21. The van der Waals surface area contributed by atoms with E-state index in [1.807, 2.05) is 0 Å². The van der Waals surface area contributed by atoms with Gasteiger partial charge in [0.25, 0.3) is 5.78 Å². The van der Waals surface area contributed by atoms with E-state index >= 15 is 0 Å². The lowest BCUT2D eigenvalue weighted by molar-refractivity contribution is -0.165. The van der Waals surface area contributed by atoms with Gasteiger partial charge in [0.05, 0.1) is 0 Å². The van der Waals surface area contributed by atoms with Crippen molar-refractivity contribution in [3.63, 3.8) is 0 Å². The molecule has 0 saturated carbocycles. The highest BCUT2D eigenvalue weighted by molar-refractivity contribution is 6.30. The summed E-state index contributed by atoms with van der Waals surface area (Å²) in [6.07, 6.45) is -4.38. The molecule has 0 bridgehead atoms. The van der Waals surface area contributed by atoms with Crippen LogP contribution < -0.4 is 5.32 Å². The Bertz CT molecular complexity index is 679. The highest BCUT2D eigenvalue weighted by atomic mass is 35.5. The molecular formula is C16H11ClF3NO. The van der Waals surface area contributed by atoms with Crippen LogP contribution in [0.1, 0.15) is 5.56 Å². The van der Waals surface area contributed by atoms with E-state index in [1.165, 1.54) is 24.3 Å². The van der Waals surface area contributed by atoms with Gasteiger partial charge in [-0.25, -0.2) is 0 Å². The fourth-order valence-electron chi connectivity index (χ4n) is 1.71. The van der Waals surface area contributed by atoms with Crippen LogP contribution in [0, 0.1) is 0 Å². The van der Waals surface area contributed by atoms with Gasteiger partial charge in [-0.2, -0.15) is 13.2 Å². The SMILES string of the molecule is O=C(C=C(Nc1ccccc1)c1ccc(Cl)cc1)C(F)(F)F. The van der Waals surface area contributed by atoms with Gasteiger partial charge in [-0.15, -0.1) is 0 Å². The van der Waals surface area contributed by atoms with Crippen molar-refractivity contribution in [1.29, 1.82) is 0 Å². The van der Waals surface area contributed by atoms with Gasteiger partial charge in [0, 0.05) is 22.5 Å². The zero-order valence-electron chi connectivity index (χ0n) is 11.2. The van der Waals surface area contributed by atoms with Gasteiger partial charge < -0.3 is 5.32 Å². The van der Waals surface area contributed by atoms with Crippen LogP contribution in [0.25, 0.3) is 5.70 Å². The summed E-state index contributed by atoms with van der Waals surface area (Å²) in [5, 5.41) is 3.26. The Labute approximate surface area is 130 Å². The van der Waals surface area contributed by atoms with Gasteiger partial charge in [0.2, 0.25) is 0 Å². The molecule has 0 unspecified atom stereocenters. The van der Waals surface area contributed by atoms with Gasteiger partial charge in [0.15, 0.2) is 0 Å². The van der Waals surface area contributed by atoms with E-state index in [-0.39, 0.29) is 5.70 Å². The van der Waals surface area contributed by atoms with Crippen LogP contribution in [0.4, 0.5) is 18.9 Å². The summed E-state index contributed by atoms with van der Waals surface area (Å²) in [5.74, 6) is -1.93. The normalized spacial score (nSPS) is 12.1. The number of allylic oxidation sites excluding steroid dienone is 1. The van der Waals surface area contributed by atoms with Crippen molar-refractivity contribution in [2.75, 3.05) is 5.32 Å². The minimum Gasteiger partial charge on any atom is -0.355 e. The molecule has 2 aromatic rings. The van der Waals surface area contributed by atoms with Crippen molar-refractivity contribution in [2.24, 2.45) is 0 Å². The Morgan fingerprint density at radius 2 is 1.59 bits per heavy atom. The first-order valence-electron chi connectivity index (χ1n) is 6.27. The van der Waals surface area contributed by atoms with Crippen LogP contribution in [0.5, 0.6) is 0 Å². The van der Waals surface area contributed by atoms with Gasteiger partial charge >= 0.3 is 6.18 Å². The summed E-state index contributed by atoms with van der Waals surface area (Å²) in [5.41, 5.74) is 1.04. The first-order chi connectivity index (χ1) is 10.4. The maximum Gasteiger partial charge on any atom is 0.454 e. The maximum atomic E-state index is 12.5. The first-order valence-corrected chi connectivity index (χ1v) is 6.65. The van der Waals surface area contributed by atoms with Crippen molar-refractivity contribution in [1.82, 2.24) is 0 Å². The second-order valence-electron chi connectivity index (χ2n) is 4.42.